The van der Waals surface area contributed by atoms with Gasteiger partial charge in [-0.1, -0.05) is 0 Å². The van der Waals surface area contributed by atoms with Gasteiger partial charge in [0.25, 0.3) is 0 Å². The molecular weight excluding hydrogens is 212 g/mol. The number of hydrogen-bond acceptors (Lipinski definition) is 3. The van der Waals surface area contributed by atoms with Crippen LogP contribution in [-0.2, 0) is 6.42 Å². The van der Waals surface area contributed by atoms with Crippen molar-refractivity contribution < 1.29 is 0 Å². The Balaban J connectivity index is 2.07. The maximum atomic E-state index is 5.56. The smallest absolute Gasteiger partial charge is 0.0649 e. The summed E-state index contributed by atoms with van der Waals surface area (Å²) in [7, 11) is 2.19. The molecule has 1 saturated heterocycles. The Kier molecular flexibility index (Phi) is 4.18. The lowest BCUT2D eigenvalue weighted by molar-refractivity contribution is 0.200. The largest absolute Gasteiger partial charge is 0.330 e. The predicted molar refractivity (Wildman–Crippen MR) is 70.1 cm³/mol. The van der Waals surface area contributed by atoms with Crippen molar-refractivity contribution in [2.24, 2.45) is 5.73 Å². The number of piperidine rings is 1. The first-order chi connectivity index (χ1) is 8.22. The van der Waals surface area contributed by atoms with E-state index in [1.54, 1.807) is 0 Å². The molecule has 1 aromatic rings. The molecule has 2 N–H and O–H groups in total. The van der Waals surface area contributed by atoms with Gasteiger partial charge in [0.2, 0.25) is 0 Å². The molecule has 0 saturated carbocycles. The summed E-state index contributed by atoms with van der Waals surface area (Å²) in [6.07, 6.45) is 6.67. The highest BCUT2D eigenvalue weighted by atomic mass is 15.3. The Hall–Kier alpha value is -0.870. The summed E-state index contributed by atoms with van der Waals surface area (Å²) in [4.78, 5) is 2.40. The number of likely N-dealkylation sites (N-methyl/N-ethyl adjacent to an activating group) is 1. The minimum Gasteiger partial charge on any atom is -0.330 e. The van der Waals surface area contributed by atoms with E-state index in [1.807, 2.05) is 6.20 Å². The molecule has 0 radical (unpaired) electrons. The number of nitrogens with zero attached hydrogens (tertiary/aromatic N) is 3. The second-order valence-electron chi connectivity index (χ2n) is 5.15. The SMILES string of the molecule is Cc1c(CCCN)cnn1C1CCCN(C)C1. The first-order valence-electron chi connectivity index (χ1n) is 6.64. The fourth-order valence-corrected chi connectivity index (χ4v) is 2.70. The van der Waals surface area contributed by atoms with Crippen molar-refractivity contribution in [2.45, 2.75) is 38.6 Å². The van der Waals surface area contributed by atoms with Crippen molar-refractivity contribution in [3.8, 4) is 0 Å². The van der Waals surface area contributed by atoms with E-state index in [2.05, 4.69) is 28.7 Å². The summed E-state index contributed by atoms with van der Waals surface area (Å²) in [6, 6.07) is 0.556. The summed E-state index contributed by atoms with van der Waals surface area (Å²) in [6.45, 7) is 5.29. The minimum absolute atomic E-state index is 0.556. The first kappa shape index (κ1) is 12.6. The minimum atomic E-state index is 0.556. The van der Waals surface area contributed by atoms with Crippen molar-refractivity contribution in [3.63, 3.8) is 0 Å². The summed E-state index contributed by atoms with van der Waals surface area (Å²) < 4.78 is 2.22. The van der Waals surface area contributed by atoms with Gasteiger partial charge in [0.05, 0.1) is 12.2 Å². The molecule has 0 aliphatic carbocycles. The number of nitrogens with two attached hydrogens (primary N) is 1. The van der Waals surface area contributed by atoms with Crippen LogP contribution in [0.1, 0.15) is 36.6 Å². The van der Waals surface area contributed by atoms with Crippen LogP contribution >= 0.6 is 0 Å². The molecule has 4 nitrogen and oxygen atoms in total. The number of rotatable bonds is 4. The van der Waals surface area contributed by atoms with Crippen LogP contribution in [-0.4, -0.2) is 41.4 Å². The van der Waals surface area contributed by atoms with Gasteiger partial charge in [-0.3, -0.25) is 4.68 Å². The second-order valence-corrected chi connectivity index (χ2v) is 5.15. The Morgan fingerprint density at radius 3 is 3.06 bits per heavy atom. The second kappa shape index (κ2) is 5.65. The molecule has 2 heterocycles. The lowest BCUT2D eigenvalue weighted by Crippen LogP contribution is -2.34. The van der Waals surface area contributed by atoms with Crippen molar-refractivity contribution in [1.29, 1.82) is 0 Å². The number of aromatic nitrogens is 2. The molecule has 4 heteroatoms. The Morgan fingerprint density at radius 2 is 2.35 bits per heavy atom. The van der Waals surface area contributed by atoms with Crippen molar-refractivity contribution in [2.75, 3.05) is 26.7 Å². The average molecular weight is 236 g/mol. The summed E-state index contributed by atoms with van der Waals surface area (Å²) in [5, 5.41) is 4.58. The molecule has 1 atom stereocenters. The maximum Gasteiger partial charge on any atom is 0.0649 e. The zero-order chi connectivity index (χ0) is 12.3. The Morgan fingerprint density at radius 1 is 1.53 bits per heavy atom. The predicted octanol–water partition coefficient (Wildman–Crippen LogP) is 1.35. The van der Waals surface area contributed by atoms with Crippen molar-refractivity contribution >= 4 is 0 Å². The lowest BCUT2D eigenvalue weighted by Gasteiger charge is -2.30. The molecule has 1 aliphatic rings. The van der Waals surface area contributed by atoms with Crippen LogP contribution in [0.4, 0.5) is 0 Å². The van der Waals surface area contributed by atoms with E-state index >= 15 is 0 Å². The van der Waals surface area contributed by atoms with Crippen LogP contribution in [0.5, 0.6) is 0 Å². The van der Waals surface area contributed by atoms with Gasteiger partial charge in [-0.2, -0.15) is 5.10 Å². The fourth-order valence-electron chi connectivity index (χ4n) is 2.70. The zero-order valence-corrected chi connectivity index (χ0v) is 11.0. The van der Waals surface area contributed by atoms with Crippen LogP contribution in [0.15, 0.2) is 6.20 Å². The number of hydrogen-bond donors (Lipinski definition) is 1. The Bertz CT molecular complexity index is 358. The lowest BCUT2D eigenvalue weighted by atomic mass is 10.1. The van der Waals surface area contributed by atoms with E-state index in [-0.39, 0.29) is 0 Å². The Labute approximate surface area is 104 Å². The highest BCUT2D eigenvalue weighted by Gasteiger charge is 2.21. The fraction of sp³-hybridized carbons (Fsp3) is 0.769. The maximum absolute atomic E-state index is 5.56. The van der Waals surface area contributed by atoms with E-state index < -0.39 is 0 Å². The van der Waals surface area contributed by atoms with E-state index in [9.17, 15) is 0 Å². The summed E-state index contributed by atoms with van der Waals surface area (Å²) in [5.74, 6) is 0. The molecule has 0 bridgehead atoms. The van der Waals surface area contributed by atoms with Gasteiger partial charge in [0, 0.05) is 12.2 Å². The molecule has 0 spiro atoms. The van der Waals surface area contributed by atoms with Crippen molar-refractivity contribution in [1.82, 2.24) is 14.7 Å². The van der Waals surface area contributed by atoms with Gasteiger partial charge in [0.15, 0.2) is 0 Å². The van der Waals surface area contributed by atoms with Crippen LogP contribution in [0.2, 0.25) is 0 Å². The van der Waals surface area contributed by atoms with E-state index in [0.717, 1.165) is 25.9 Å². The number of likely N-dealkylation sites (tertiary alicyclic amines) is 1. The third-order valence-corrected chi connectivity index (χ3v) is 3.74. The molecule has 96 valence electrons. The molecule has 1 aromatic heterocycles. The number of aryl methyl sites for hydroxylation is 1. The molecule has 2 rings (SSSR count). The molecule has 0 aromatic carbocycles. The van der Waals surface area contributed by atoms with Crippen LogP contribution in [0, 0.1) is 6.92 Å². The third-order valence-electron chi connectivity index (χ3n) is 3.74. The quantitative estimate of drug-likeness (QED) is 0.858. The summed E-state index contributed by atoms with van der Waals surface area (Å²) in [5.41, 5.74) is 8.26. The van der Waals surface area contributed by atoms with Gasteiger partial charge in [-0.15, -0.1) is 0 Å². The van der Waals surface area contributed by atoms with Crippen molar-refractivity contribution in [3.05, 3.63) is 17.5 Å². The average Bonchev–Trinajstić information content (AvgIpc) is 2.68. The molecule has 1 fully saturated rings. The first-order valence-corrected chi connectivity index (χ1v) is 6.64. The van der Waals surface area contributed by atoms with E-state index in [1.165, 1.54) is 30.6 Å². The highest BCUT2D eigenvalue weighted by Crippen LogP contribution is 2.23. The van der Waals surface area contributed by atoms with E-state index in [4.69, 9.17) is 5.73 Å². The molecule has 17 heavy (non-hydrogen) atoms. The third kappa shape index (κ3) is 2.87. The van der Waals surface area contributed by atoms with Gasteiger partial charge < -0.3 is 10.6 Å². The molecular formula is C13H24N4. The standard InChI is InChI=1S/C13H24N4/c1-11-12(5-3-7-14)9-15-17(11)13-6-4-8-16(2)10-13/h9,13H,3-8,10,14H2,1-2H3. The van der Waals surface area contributed by atoms with Gasteiger partial charge in [0.1, 0.15) is 0 Å². The molecule has 1 unspecified atom stereocenters. The molecule has 1 aliphatic heterocycles. The van der Waals surface area contributed by atoms with E-state index in [0.29, 0.717) is 6.04 Å². The van der Waals surface area contributed by atoms with Gasteiger partial charge in [-0.25, -0.2) is 0 Å². The monoisotopic (exact) mass is 236 g/mol. The molecule has 0 amide bonds. The van der Waals surface area contributed by atoms with Crippen LogP contribution < -0.4 is 5.73 Å². The van der Waals surface area contributed by atoms with Gasteiger partial charge >= 0.3 is 0 Å². The van der Waals surface area contributed by atoms with Gasteiger partial charge in [-0.05, 0) is 58.3 Å². The normalized spacial score (nSPS) is 21.9. The van der Waals surface area contributed by atoms with Crippen LogP contribution in [0.3, 0.4) is 0 Å². The topological polar surface area (TPSA) is 47.1 Å². The van der Waals surface area contributed by atoms with Crippen LogP contribution in [0.25, 0.3) is 0 Å². The summed E-state index contributed by atoms with van der Waals surface area (Å²) >= 11 is 0. The highest BCUT2D eigenvalue weighted by molar-refractivity contribution is 5.17. The zero-order valence-electron chi connectivity index (χ0n) is 11.0.